The van der Waals surface area contributed by atoms with Gasteiger partial charge in [-0.05, 0) is 29.8 Å². The Labute approximate surface area is 168 Å². The van der Waals surface area contributed by atoms with Crippen LogP contribution in [0.1, 0.15) is 23.7 Å². The summed E-state index contributed by atoms with van der Waals surface area (Å²) in [6, 6.07) is 8.49. The van der Waals surface area contributed by atoms with Crippen molar-refractivity contribution in [1.29, 1.82) is 0 Å². The minimum absolute atomic E-state index is 0.113. The molecule has 1 saturated heterocycles. The third-order valence-electron chi connectivity index (χ3n) is 4.90. The second-order valence-electron chi connectivity index (χ2n) is 7.05. The Bertz CT molecular complexity index is 1180. The van der Waals surface area contributed by atoms with E-state index in [4.69, 9.17) is 8.94 Å². The molecular formula is C20H15F2N5O3. The van der Waals surface area contributed by atoms with Crippen LogP contribution >= 0.6 is 0 Å². The molecule has 30 heavy (non-hydrogen) atoms. The molecule has 1 fully saturated rings. The summed E-state index contributed by atoms with van der Waals surface area (Å²) in [4.78, 5) is 18.3. The Morgan fingerprint density at radius 2 is 2.03 bits per heavy atom. The lowest BCUT2D eigenvalue weighted by molar-refractivity contribution is -0.128. The van der Waals surface area contributed by atoms with Gasteiger partial charge in [-0.1, -0.05) is 5.16 Å². The molecule has 0 spiro atoms. The zero-order chi connectivity index (χ0) is 20.7. The molecule has 0 radical (unpaired) electrons. The van der Waals surface area contributed by atoms with Crippen LogP contribution in [0.4, 0.5) is 8.78 Å². The summed E-state index contributed by atoms with van der Waals surface area (Å²) in [5.74, 6) is -0.538. The number of carbonyl (C=O) groups excluding carboxylic acids is 1. The molecule has 1 atom stereocenters. The van der Waals surface area contributed by atoms with Gasteiger partial charge in [0.05, 0.1) is 6.26 Å². The summed E-state index contributed by atoms with van der Waals surface area (Å²) in [5, 5.41) is 11.0. The summed E-state index contributed by atoms with van der Waals surface area (Å²) in [7, 11) is 0. The van der Waals surface area contributed by atoms with Crippen LogP contribution in [0, 0.1) is 11.6 Å². The molecule has 0 bridgehead atoms. The van der Waals surface area contributed by atoms with Gasteiger partial charge in [-0.25, -0.2) is 8.78 Å². The van der Waals surface area contributed by atoms with Gasteiger partial charge >= 0.3 is 0 Å². The number of furan rings is 1. The van der Waals surface area contributed by atoms with E-state index < -0.39 is 11.6 Å². The van der Waals surface area contributed by atoms with Crippen LogP contribution < -0.4 is 0 Å². The smallest absolute Gasteiger partial charge is 0.275 e. The molecular weight excluding hydrogens is 396 g/mol. The molecule has 1 aliphatic heterocycles. The maximum absolute atomic E-state index is 13.4. The van der Waals surface area contributed by atoms with E-state index in [1.54, 1.807) is 24.5 Å². The quantitative estimate of drug-likeness (QED) is 0.539. The second-order valence-corrected chi connectivity index (χ2v) is 7.05. The number of nitrogens with one attached hydrogen (secondary N) is 1. The number of likely N-dealkylation sites (tertiary alicyclic amines) is 1. The van der Waals surface area contributed by atoms with Crippen molar-refractivity contribution in [3.05, 3.63) is 65.7 Å². The lowest BCUT2D eigenvalue weighted by atomic mass is 10.1. The minimum Gasteiger partial charge on any atom is -0.463 e. The maximum Gasteiger partial charge on any atom is 0.275 e. The van der Waals surface area contributed by atoms with Crippen LogP contribution in [0.15, 0.2) is 51.6 Å². The predicted octanol–water partition coefficient (Wildman–Crippen LogP) is 3.51. The normalized spacial score (nSPS) is 16.5. The highest BCUT2D eigenvalue weighted by molar-refractivity contribution is 5.79. The molecule has 5 rings (SSSR count). The highest BCUT2D eigenvalue weighted by Gasteiger charge is 2.34. The molecule has 3 aromatic heterocycles. The Balaban J connectivity index is 1.30. The van der Waals surface area contributed by atoms with Gasteiger partial charge in [0, 0.05) is 37.6 Å². The van der Waals surface area contributed by atoms with E-state index in [2.05, 4.69) is 20.3 Å². The predicted molar refractivity (Wildman–Crippen MR) is 98.7 cm³/mol. The van der Waals surface area contributed by atoms with Crippen molar-refractivity contribution in [2.45, 2.75) is 18.9 Å². The molecule has 10 heteroatoms. The topological polar surface area (TPSA) is 101 Å². The number of benzene rings is 1. The molecule has 4 aromatic rings. The number of aromatic amines is 1. The first-order chi connectivity index (χ1) is 14.5. The minimum atomic E-state index is -0.676. The van der Waals surface area contributed by atoms with Crippen LogP contribution in [-0.2, 0) is 11.3 Å². The maximum atomic E-state index is 13.4. The summed E-state index contributed by atoms with van der Waals surface area (Å²) >= 11 is 0. The highest BCUT2D eigenvalue weighted by Crippen LogP contribution is 2.30. The molecule has 0 saturated carbocycles. The van der Waals surface area contributed by atoms with E-state index >= 15 is 0 Å². The Kier molecular flexibility index (Phi) is 4.38. The molecule has 4 heterocycles. The molecule has 8 nitrogen and oxygen atoms in total. The van der Waals surface area contributed by atoms with Crippen LogP contribution in [0.2, 0.25) is 0 Å². The second kappa shape index (κ2) is 7.21. The van der Waals surface area contributed by atoms with Crippen molar-refractivity contribution in [2.75, 3.05) is 6.54 Å². The summed E-state index contributed by atoms with van der Waals surface area (Å²) in [6.07, 6.45) is 1.74. The van der Waals surface area contributed by atoms with Crippen molar-refractivity contribution in [1.82, 2.24) is 25.2 Å². The van der Waals surface area contributed by atoms with Crippen molar-refractivity contribution in [3.8, 4) is 23.0 Å². The Hall–Kier alpha value is -3.82. The summed E-state index contributed by atoms with van der Waals surface area (Å²) in [5.41, 5.74) is 1.51. The van der Waals surface area contributed by atoms with Gasteiger partial charge in [-0.15, -0.1) is 0 Å². The van der Waals surface area contributed by atoms with Gasteiger partial charge in [-0.2, -0.15) is 10.1 Å². The first-order valence-electron chi connectivity index (χ1n) is 9.21. The van der Waals surface area contributed by atoms with E-state index in [1.165, 1.54) is 17.0 Å². The van der Waals surface area contributed by atoms with Crippen molar-refractivity contribution >= 4 is 5.91 Å². The fraction of sp³-hybridized carbons (Fsp3) is 0.200. The lowest BCUT2D eigenvalue weighted by Crippen LogP contribution is -2.24. The molecule has 1 amide bonds. The standard InChI is InChI=1S/C20H15F2N5O3/c21-13-4-11(5-14(22)7-13)9-27-10-12(6-18(27)28)19-23-20(30-26-19)16-8-15(24-25-16)17-2-1-3-29-17/h1-5,7-8,12H,6,9-10H2,(H,24,25). The lowest BCUT2D eigenvalue weighted by Gasteiger charge is -2.16. The van der Waals surface area contributed by atoms with Crippen molar-refractivity contribution < 1.29 is 22.5 Å². The van der Waals surface area contributed by atoms with Crippen LogP contribution in [0.3, 0.4) is 0 Å². The number of halogens is 2. The summed E-state index contributed by atoms with van der Waals surface area (Å²) in [6.45, 7) is 0.443. The SMILES string of the molecule is O=C1CC(c2noc(-c3cc(-c4ccco4)n[nH]3)n2)CN1Cc1cc(F)cc(F)c1. The van der Waals surface area contributed by atoms with Gasteiger partial charge < -0.3 is 13.8 Å². The number of amides is 1. The largest absolute Gasteiger partial charge is 0.463 e. The van der Waals surface area contributed by atoms with Gasteiger partial charge in [0.1, 0.15) is 23.0 Å². The van der Waals surface area contributed by atoms with Gasteiger partial charge in [0.15, 0.2) is 11.6 Å². The molecule has 1 N–H and O–H groups in total. The molecule has 0 aliphatic carbocycles. The first kappa shape index (κ1) is 18.2. The van der Waals surface area contributed by atoms with E-state index in [0.717, 1.165) is 6.07 Å². The number of rotatable bonds is 5. The fourth-order valence-corrected chi connectivity index (χ4v) is 3.51. The van der Waals surface area contributed by atoms with Crippen LogP contribution in [0.5, 0.6) is 0 Å². The molecule has 1 aliphatic rings. The Morgan fingerprint density at radius 1 is 1.20 bits per heavy atom. The highest BCUT2D eigenvalue weighted by atomic mass is 19.1. The van der Waals surface area contributed by atoms with Crippen LogP contribution in [0.25, 0.3) is 23.0 Å². The monoisotopic (exact) mass is 411 g/mol. The summed E-state index contributed by atoms with van der Waals surface area (Å²) < 4.78 is 37.4. The molecule has 152 valence electrons. The van der Waals surface area contributed by atoms with E-state index in [0.29, 0.717) is 35.1 Å². The first-order valence-corrected chi connectivity index (χ1v) is 9.21. The average molecular weight is 411 g/mol. The van der Waals surface area contributed by atoms with Gasteiger partial charge in [0.25, 0.3) is 5.89 Å². The zero-order valence-electron chi connectivity index (χ0n) is 15.5. The van der Waals surface area contributed by atoms with Gasteiger partial charge in [0.2, 0.25) is 5.91 Å². The van der Waals surface area contributed by atoms with Crippen LogP contribution in [-0.4, -0.2) is 37.7 Å². The Morgan fingerprint density at radius 3 is 2.80 bits per heavy atom. The number of hydrogen-bond donors (Lipinski definition) is 1. The van der Waals surface area contributed by atoms with Crippen molar-refractivity contribution in [2.24, 2.45) is 0 Å². The van der Waals surface area contributed by atoms with E-state index in [-0.39, 0.29) is 30.7 Å². The number of H-pyrrole nitrogens is 1. The third-order valence-corrected chi connectivity index (χ3v) is 4.90. The molecule has 1 unspecified atom stereocenters. The molecule has 1 aromatic carbocycles. The van der Waals surface area contributed by atoms with E-state index in [1.807, 2.05) is 0 Å². The van der Waals surface area contributed by atoms with E-state index in [9.17, 15) is 13.6 Å². The number of aromatic nitrogens is 4. The zero-order valence-corrected chi connectivity index (χ0v) is 15.5. The number of hydrogen-bond acceptors (Lipinski definition) is 6. The van der Waals surface area contributed by atoms with Crippen molar-refractivity contribution in [3.63, 3.8) is 0 Å². The van der Waals surface area contributed by atoms with Gasteiger partial charge in [-0.3, -0.25) is 9.89 Å². The third kappa shape index (κ3) is 3.47. The number of nitrogens with zero attached hydrogens (tertiary/aromatic N) is 4. The average Bonchev–Trinajstić information content (AvgIpc) is 3.48. The number of carbonyl (C=O) groups is 1. The fourth-order valence-electron chi connectivity index (χ4n) is 3.51.